The Morgan fingerprint density at radius 1 is 1.17 bits per heavy atom. The molecule has 0 aromatic carbocycles. The van der Waals surface area contributed by atoms with Crippen LogP contribution in [0.25, 0.3) is 0 Å². The van der Waals surface area contributed by atoms with Crippen molar-refractivity contribution in [2.75, 3.05) is 0 Å². The fraction of sp³-hybridized carbons (Fsp3) is 0.708. The van der Waals surface area contributed by atoms with Gasteiger partial charge in [-0.2, -0.15) is 0 Å². The van der Waals surface area contributed by atoms with E-state index in [1.807, 2.05) is 6.08 Å². The van der Waals surface area contributed by atoms with Gasteiger partial charge in [0.25, 0.3) is 5.97 Å². The van der Waals surface area contributed by atoms with E-state index in [0.29, 0.717) is 35.9 Å². The number of Topliss-reactive ketones (excluding diaryl/α,β-unsaturated/α-hetero) is 1. The number of fused-ring (bicyclic) bond motifs is 2. The van der Waals surface area contributed by atoms with E-state index in [9.17, 15) is 9.59 Å². The van der Waals surface area contributed by atoms with E-state index in [0.717, 1.165) is 36.8 Å². The van der Waals surface area contributed by atoms with Crippen molar-refractivity contribution in [1.82, 2.24) is 0 Å². The zero-order valence-corrected chi connectivity index (χ0v) is 18.3. The summed E-state index contributed by atoms with van der Waals surface area (Å²) in [7, 11) is 0. The molecule has 5 aliphatic carbocycles. The van der Waals surface area contributed by atoms with Crippen LogP contribution in [0.15, 0.2) is 22.8 Å². The van der Waals surface area contributed by atoms with E-state index in [1.54, 1.807) is 6.92 Å². The summed E-state index contributed by atoms with van der Waals surface area (Å²) in [6.07, 6.45) is 11.6. The summed E-state index contributed by atoms with van der Waals surface area (Å²) < 4.78 is 0. The first-order valence-electron chi connectivity index (χ1n) is 10.9. The topological polar surface area (TPSA) is 71.4 Å². The Labute approximate surface area is 177 Å². The molecular weight excluding hydrogens is 388 g/mol. The molecule has 4 nitrogen and oxygen atoms in total. The first-order valence-corrected chi connectivity index (χ1v) is 11.3. The van der Waals surface area contributed by atoms with Gasteiger partial charge in [0.05, 0.1) is 0 Å². The quantitative estimate of drug-likeness (QED) is 0.638. The maximum atomic E-state index is 12.3. The lowest BCUT2D eigenvalue weighted by Crippen LogP contribution is -2.51. The van der Waals surface area contributed by atoms with Crippen molar-refractivity contribution in [1.29, 1.82) is 0 Å². The first-order chi connectivity index (χ1) is 13.6. The Bertz CT molecular complexity index is 823. The molecule has 158 valence electrons. The molecule has 7 atom stereocenters. The van der Waals surface area contributed by atoms with E-state index in [-0.39, 0.29) is 22.5 Å². The van der Waals surface area contributed by atoms with Gasteiger partial charge in [0.15, 0.2) is 5.78 Å². The van der Waals surface area contributed by atoms with E-state index in [1.165, 1.54) is 19.3 Å². The molecule has 5 heteroatoms. The predicted octanol–water partition coefficient (Wildman–Crippen LogP) is 5.16. The molecule has 0 saturated heterocycles. The summed E-state index contributed by atoms with van der Waals surface area (Å²) >= 11 is 6.77. The number of ketones is 2. The molecule has 5 rings (SSSR count). The number of allylic oxidation sites excluding steroid dienone is 4. The predicted molar refractivity (Wildman–Crippen MR) is 111 cm³/mol. The van der Waals surface area contributed by atoms with Crippen LogP contribution in [0, 0.1) is 40.4 Å². The maximum absolute atomic E-state index is 12.3. The minimum Gasteiger partial charge on any atom is -0.481 e. The second-order valence-electron chi connectivity index (χ2n) is 10.2. The van der Waals surface area contributed by atoms with E-state index in [2.05, 4.69) is 13.0 Å². The normalized spacial score (nSPS) is 44.4. The lowest BCUT2D eigenvalue weighted by Gasteiger charge is -2.56. The highest BCUT2D eigenvalue weighted by Gasteiger charge is 2.65. The van der Waals surface area contributed by atoms with Crippen molar-refractivity contribution in [2.45, 2.75) is 65.7 Å². The molecule has 3 fully saturated rings. The average Bonchev–Trinajstić information content (AvgIpc) is 3.15. The van der Waals surface area contributed by atoms with Crippen molar-refractivity contribution >= 4 is 29.1 Å². The van der Waals surface area contributed by atoms with Crippen LogP contribution in [0.5, 0.6) is 0 Å². The van der Waals surface area contributed by atoms with Crippen LogP contribution in [-0.4, -0.2) is 22.6 Å². The smallest absolute Gasteiger partial charge is 0.300 e. The summed E-state index contributed by atoms with van der Waals surface area (Å²) in [6.45, 7) is 5.26. The van der Waals surface area contributed by atoms with Gasteiger partial charge in [0.2, 0.25) is 0 Å². The van der Waals surface area contributed by atoms with Crippen LogP contribution in [0.1, 0.15) is 65.7 Å². The molecule has 0 aromatic heterocycles. The Kier molecular flexibility index (Phi) is 5.08. The minimum atomic E-state index is -0.833. The second-order valence-corrected chi connectivity index (χ2v) is 10.6. The van der Waals surface area contributed by atoms with E-state index < -0.39 is 5.97 Å². The third-order valence-electron chi connectivity index (χ3n) is 8.84. The minimum absolute atomic E-state index is 0.141. The second kappa shape index (κ2) is 7.08. The van der Waals surface area contributed by atoms with Gasteiger partial charge < -0.3 is 5.11 Å². The summed E-state index contributed by atoms with van der Waals surface area (Å²) in [5.74, 6) is 2.41. The van der Waals surface area contributed by atoms with Gasteiger partial charge in [0.1, 0.15) is 5.78 Å². The molecule has 0 radical (unpaired) electrons. The van der Waals surface area contributed by atoms with Crippen molar-refractivity contribution in [3.05, 3.63) is 22.8 Å². The van der Waals surface area contributed by atoms with E-state index in [4.69, 9.17) is 21.5 Å². The molecule has 0 amide bonds. The molecule has 7 unspecified atom stereocenters. The Morgan fingerprint density at radius 3 is 2.52 bits per heavy atom. The monoisotopic (exact) mass is 418 g/mol. The molecule has 0 aromatic rings. The Morgan fingerprint density at radius 2 is 1.86 bits per heavy atom. The molecule has 0 heterocycles. The lowest BCUT2D eigenvalue weighted by molar-refractivity contribution is -0.134. The molecule has 3 saturated carbocycles. The fourth-order valence-corrected chi connectivity index (χ4v) is 8.46. The number of rotatable bonds is 1. The molecule has 29 heavy (non-hydrogen) atoms. The van der Waals surface area contributed by atoms with Gasteiger partial charge in [-0.25, -0.2) is 0 Å². The van der Waals surface area contributed by atoms with Gasteiger partial charge >= 0.3 is 0 Å². The highest BCUT2D eigenvalue weighted by Crippen LogP contribution is 2.72. The lowest BCUT2D eigenvalue weighted by atomic mass is 9.48. The highest BCUT2D eigenvalue weighted by atomic mass is 35.5. The third kappa shape index (κ3) is 3.05. The van der Waals surface area contributed by atoms with Crippen LogP contribution >= 0.6 is 11.6 Å². The highest BCUT2D eigenvalue weighted by molar-refractivity contribution is 6.32. The molecule has 1 N–H and O–H groups in total. The van der Waals surface area contributed by atoms with Crippen molar-refractivity contribution in [2.24, 2.45) is 40.4 Å². The van der Waals surface area contributed by atoms with Crippen LogP contribution in [0.2, 0.25) is 0 Å². The summed E-state index contributed by atoms with van der Waals surface area (Å²) in [5, 5.41) is 8.26. The van der Waals surface area contributed by atoms with Gasteiger partial charge in [-0.15, -0.1) is 0 Å². The number of carboxylic acid groups (broad SMARTS) is 1. The molecule has 0 bridgehead atoms. The summed E-state index contributed by atoms with van der Waals surface area (Å²) in [4.78, 5) is 33.4. The molecular formula is C24H31ClO4. The zero-order chi connectivity index (χ0) is 21.1. The number of carbonyl (C=O) groups excluding carboxylic acids is 2. The Hall–Kier alpha value is -1.42. The van der Waals surface area contributed by atoms with Crippen LogP contribution in [0.4, 0.5) is 0 Å². The average molecular weight is 419 g/mol. The van der Waals surface area contributed by atoms with Crippen molar-refractivity contribution in [3.63, 3.8) is 0 Å². The van der Waals surface area contributed by atoms with Crippen LogP contribution in [0.3, 0.4) is 0 Å². The summed E-state index contributed by atoms with van der Waals surface area (Å²) in [5.41, 5.74) is 1.44. The number of hydrogen-bond acceptors (Lipinski definition) is 3. The summed E-state index contributed by atoms with van der Waals surface area (Å²) in [6, 6.07) is 0. The SMILES string of the molecule is CC(=O)C1CCC2C3C=C(Cl)C4=CC(=O)CCC45CCC(CC12C)C35.CC(=O)O. The van der Waals surface area contributed by atoms with Gasteiger partial charge in [-0.3, -0.25) is 14.4 Å². The molecule has 1 spiro atoms. The number of hydrogen-bond donors (Lipinski definition) is 1. The largest absolute Gasteiger partial charge is 0.481 e. The van der Waals surface area contributed by atoms with Gasteiger partial charge in [-0.1, -0.05) is 24.6 Å². The van der Waals surface area contributed by atoms with Crippen molar-refractivity contribution in [3.8, 4) is 0 Å². The number of carbonyl (C=O) groups is 3. The number of halogens is 1. The van der Waals surface area contributed by atoms with Crippen LogP contribution < -0.4 is 0 Å². The van der Waals surface area contributed by atoms with Gasteiger partial charge in [-0.05, 0) is 86.2 Å². The standard InChI is InChI=1S/C22H27ClO2.C2H4O2/c1-12(24)16-3-4-17-15-10-19(23)18-9-14(25)6-8-22(18)7-5-13(20(15)22)11-21(16,17)2;1-2(3)4/h9-10,13,15-17,20H,3-8,11H2,1-2H3;1H3,(H,3,4). The van der Waals surface area contributed by atoms with Crippen LogP contribution in [-0.2, 0) is 14.4 Å². The number of aliphatic carboxylic acids is 1. The first kappa shape index (κ1) is 20.8. The van der Waals surface area contributed by atoms with Crippen molar-refractivity contribution < 1.29 is 19.5 Å². The Balaban J connectivity index is 0.000000472. The number of carboxylic acids is 1. The fourth-order valence-electron chi connectivity index (χ4n) is 8.07. The zero-order valence-electron chi connectivity index (χ0n) is 17.5. The molecule has 0 aliphatic heterocycles. The molecule has 5 aliphatic rings. The van der Waals surface area contributed by atoms with Gasteiger partial charge in [0, 0.05) is 29.7 Å². The third-order valence-corrected chi connectivity index (χ3v) is 9.17. The maximum Gasteiger partial charge on any atom is 0.300 e. The van der Waals surface area contributed by atoms with E-state index >= 15 is 0 Å².